The molecule has 0 fully saturated rings. The van der Waals surface area contributed by atoms with Crippen molar-refractivity contribution in [3.63, 3.8) is 0 Å². The molecule has 3 heteroatoms. The van der Waals surface area contributed by atoms with Gasteiger partial charge >= 0.3 is 0 Å². The van der Waals surface area contributed by atoms with Crippen molar-refractivity contribution in [2.75, 3.05) is 63.4 Å². The zero-order valence-corrected chi connectivity index (χ0v) is 23.5. The predicted octanol–water partition coefficient (Wildman–Crippen LogP) is 7.28. The molecule has 0 aliphatic rings. The number of quaternary nitrogens is 3. The van der Waals surface area contributed by atoms with Gasteiger partial charge in [0.15, 0.2) is 0 Å². The highest BCUT2D eigenvalue weighted by Gasteiger charge is 2.16. The van der Waals surface area contributed by atoms with Gasteiger partial charge in [-0.05, 0) is 124 Å². The van der Waals surface area contributed by atoms with Gasteiger partial charge in [0.2, 0.25) is 0 Å². The second kappa shape index (κ2) is 9.33. The fraction of sp³-hybridized carbons (Fsp3) is 0.273. The molecule has 4 rings (SSSR count). The molecule has 0 atom stereocenters. The van der Waals surface area contributed by atoms with Gasteiger partial charge in [-0.3, -0.25) is 13.4 Å². The van der Waals surface area contributed by atoms with Crippen molar-refractivity contribution >= 4 is 17.1 Å². The van der Waals surface area contributed by atoms with Crippen LogP contribution in [0, 0.1) is 0 Å². The second-order valence-corrected chi connectivity index (χ2v) is 12.5. The van der Waals surface area contributed by atoms with Crippen LogP contribution in [0.1, 0.15) is 0 Å². The third kappa shape index (κ3) is 5.76. The van der Waals surface area contributed by atoms with Crippen molar-refractivity contribution in [3.05, 3.63) is 91.0 Å². The van der Waals surface area contributed by atoms with E-state index in [4.69, 9.17) is 0 Å². The van der Waals surface area contributed by atoms with Crippen LogP contribution in [0.3, 0.4) is 0 Å². The summed E-state index contributed by atoms with van der Waals surface area (Å²) >= 11 is 0. The minimum atomic E-state index is 0.808. The highest BCUT2D eigenvalue weighted by atomic mass is 15.3. The molecule has 0 heterocycles. The number of benzene rings is 4. The van der Waals surface area contributed by atoms with Crippen LogP contribution < -0.4 is 13.4 Å². The van der Waals surface area contributed by atoms with Gasteiger partial charge in [-0.1, -0.05) is 0 Å². The number of nitrogens with zero attached hydrogens (tertiary/aromatic N) is 3. The second-order valence-electron chi connectivity index (χ2n) is 12.5. The van der Waals surface area contributed by atoms with E-state index in [1.54, 1.807) is 0 Å². The molecule has 0 spiro atoms. The molecule has 0 saturated carbocycles. The Balaban J connectivity index is 1.82. The summed E-state index contributed by atoms with van der Waals surface area (Å²) in [7, 11) is 19.8. The Bertz CT molecular complexity index is 1150. The largest absolute Gasteiger partial charge is 0.298 e. The first kappa shape index (κ1) is 25.8. The van der Waals surface area contributed by atoms with Gasteiger partial charge in [0.1, 0.15) is 17.1 Å². The molecule has 4 aromatic carbocycles. The fourth-order valence-electron chi connectivity index (χ4n) is 4.43. The van der Waals surface area contributed by atoms with E-state index in [1.807, 2.05) is 0 Å². The molecular formula is C33H42N3+3. The average Bonchev–Trinajstić information content (AvgIpc) is 2.82. The smallest absolute Gasteiger partial charge is 0.132 e. The maximum atomic E-state index is 2.33. The normalized spacial score (nSPS) is 12.6. The third-order valence-electron chi connectivity index (χ3n) is 6.86. The summed E-state index contributed by atoms with van der Waals surface area (Å²) in [4.78, 5) is 0. The molecule has 0 N–H and O–H groups in total. The maximum Gasteiger partial charge on any atom is 0.132 e. The number of hydrogen-bond acceptors (Lipinski definition) is 0. The highest BCUT2D eigenvalue weighted by molar-refractivity contribution is 5.82. The van der Waals surface area contributed by atoms with Crippen molar-refractivity contribution in [1.82, 2.24) is 13.4 Å². The van der Waals surface area contributed by atoms with E-state index in [1.165, 1.54) is 50.4 Å². The lowest BCUT2D eigenvalue weighted by molar-refractivity contribution is 0.486. The van der Waals surface area contributed by atoms with Crippen molar-refractivity contribution in [2.24, 2.45) is 0 Å². The first-order valence-electron chi connectivity index (χ1n) is 12.6. The Kier molecular flexibility index (Phi) is 6.70. The van der Waals surface area contributed by atoms with E-state index < -0.39 is 0 Å². The summed E-state index contributed by atoms with van der Waals surface area (Å²) in [5.74, 6) is 0. The van der Waals surface area contributed by atoms with Crippen molar-refractivity contribution in [2.45, 2.75) is 0 Å². The Hall–Kier alpha value is -3.24. The molecule has 186 valence electrons. The van der Waals surface area contributed by atoms with Crippen LogP contribution in [0.4, 0.5) is 17.1 Å². The van der Waals surface area contributed by atoms with Gasteiger partial charge in [-0.25, -0.2) is 0 Å². The van der Waals surface area contributed by atoms with E-state index >= 15 is 0 Å². The van der Waals surface area contributed by atoms with Crippen LogP contribution in [0.2, 0.25) is 0 Å². The summed E-state index contributed by atoms with van der Waals surface area (Å²) in [6.07, 6.45) is 0. The summed E-state index contributed by atoms with van der Waals surface area (Å²) in [6, 6.07) is 34.0. The van der Waals surface area contributed by atoms with Gasteiger partial charge in [-0.2, -0.15) is 0 Å². The van der Waals surface area contributed by atoms with Crippen LogP contribution in [-0.4, -0.2) is 63.4 Å². The summed E-state index contributed by atoms with van der Waals surface area (Å²) in [6.45, 7) is 0. The maximum absolute atomic E-state index is 2.33. The van der Waals surface area contributed by atoms with Crippen LogP contribution in [0.15, 0.2) is 91.0 Å². The Morgan fingerprint density at radius 2 is 0.472 bits per heavy atom. The van der Waals surface area contributed by atoms with Crippen molar-refractivity contribution in [3.8, 4) is 33.4 Å². The minimum absolute atomic E-state index is 0.808. The van der Waals surface area contributed by atoms with E-state index in [2.05, 4.69) is 154 Å². The molecule has 4 aromatic rings. The molecule has 0 bridgehead atoms. The van der Waals surface area contributed by atoms with E-state index in [-0.39, 0.29) is 0 Å². The third-order valence-corrected chi connectivity index (χ3v) is 6.86. The molecule has 0 saturated heterocycles. The molecule has 0 aliphatic heterocycles. The van der Waals surface area contributed by atoms with Gasteiger partial charge < -0.3 is 0 Å². The van der Waals surface area contributed by atoms with Gasteiger partial charge in [0.05, 0.1) is 63.4 Å². The highest BCUT2D eigenvalue weighted by Crippen LogP contribution is 2.35. The lowest BCUT2D eigenvalue weighted by atomic mass is 9.93. The summed E-state index contributed by atoms with van der Waals surface area (Å²) < 4.78 is 2.43. The minimum Gasteiger partial charge on any atom is -0.298 e. The Morgan fingerprint density at radius 3 is 0.639 bits per heavy atom. The Labute approximate surface area is 218 Å². The summed E-state index contributed by atoms with van der Waals surface area (Å²) in [5, 5.41) is 0. The van der Waals surface area contributed by atoms with Crippen molar-refractivity contribution in [1.29, 1.82) is 0 Å². The van der Waals surface area contributed by atoms with E-state index in [0.29, 0.717) is 0 Å². The molecule has 0 unspecified atom stereocenters. The van der Waals surface area contributed by atoms with Crippen LogP contribution in [-0.2, 0) is 0 Å². The molecule has 3 nitrogen and oxygen atoms in total. The summed E-state index contributed by atoms with van der Waals surface area (Å²) in [5.41, 5.74) is 11.3. The zero-order chi connectivity index (χ0) is 26.3. The van der Waals surface area contributed by atoms with E-state index in [0.717, 1.165) is 13.4 Å². The Morgan fingerprint density at radius 1 is 0.278 bits per heavy atom. The van der Waals surface area contributed by atoms with E-state index in [9.17, 15) is 0 Å². The average molecular weight is 481 g/mol. The van der Waals surface area contributed by atoms with Crippen LogP contribution in [0.5, 0.6) is 0 Å². The molecule has 0 radical (unpaired) electrons. The molecule has 0 aliphatic carbocycles. The molecular weight excluding hydrogens is 438 g/mol. The quantitative estimate of drug-likeness (QED) is 0.254. The lowest BCUT2D eigenvalue weighted by Gasteiger charge is -2.24. The van der Waals surface area contributed by atoms with Gasteiger partial charge in [-0.15, -0.1) is 0 Å². The molecule has 0 amide bonds. The zero-order valence-electron chi connectivity index (χ0n) is 23.5. The van der Waals surface area contributed by atoms with Gasteiger partial charge in [0.25, 0.3) is 0 Å². The molecule has 36 heavy (non-hydrogen) atoms. The van der Waals surface area contributed by atoms with Crippen LogP contribution in [0.25, 0.3) is 33.4 Å². The SMILES string of the molecule is C[N+](C)(C)c1ccc(-c2cc(-c3ccc([N+](C)(C)C)cc3)cc(-c3ccc([N+](C)(C)C)cc3)c2)cc1. The topological polar surface area (TPSA) is 0 Å². The first-order valence-corrected chi connectivity index (χ1v) is 12.6. The number of hydrogen-bond donors (Lipinski definition) is 0. The predicted molar refractivity (Wildman–Crippen MR) is 161 cm³/mol. The standard InChI is InChI=1S/C33H42N3/c1-34(2,3)31-16-10-25(11-17-31)28-22-29(26-12-18-32(19-13-26)35(4,5)6)24-30(23-28)27-14-20-33(21-15-27)36(7,8)9/h10-24H,1-9H3/q+3. The van der Waals surface area contributed by atoms with Crippen LogP contribution >= 0.6 is 0 Å². The number of rotatable bonds is 6. The fourth-order valence-corrected chi connectivity index (χ4v) is 4.43. The first-order chi connectivity index (χ1) is 16.7. The monoisotopic (exact) mass is 480 g/mol. The lowest BCUT2D eigenvalue weighted by Crippen LogP contribution is -2.34. The van der Waals surface area contributed by atoms with Gasteiger partial charge in [0, 0.05) is 0 Å². The molecule has 0 aromatic heterocycles. The van der Waals surface area contributed by atoms with Crippen molar-refractivity contribution < 1.29 is 0 Å².